The van der Waals surface area contributed by atoms with Gasteiger partial charge in [0.2, 0.25) is 0 Å². The van der Waals surface area contributed by atoms with Gasteiger partial charge in [0, 0.05) is 25.8 Å². The van der Waals surface area contributed by atoms with Crippen molar-refractivity contribution in [2.45, 2.75) is 32.9 Å². The number of carboxylic acid groups (broad SMARTS) is 1. The normalized spacial score (nSPS) is 15.4. The smallest absolute Gasteiger partial charge is 0.317 e. The van der Waals surface area contributed by atoms with Gasteiger partial charge >= 0.3 is 5.97 Å². The Morgan fingerprint density at radius 3 is 3.00 bits per heavy atom. The SMILES string of the molecule is CCn1nccc1CN(CC(=O)O)CC1CC1. The summed E-state index contributed by atoms with van der Waals surface area (Å²) >= 11 is 0. The third-order valence-corrected chi connectivity index (χ3v) is 3.06. The Kier molecular flexibility index (Phi) is 3.78. The fourth-order valence-electron chi connectivity index (χ4n) is 2.05. The van der Waals surface area contributed by atoms with Crippen LogP contribution in [-0.4, -0.2) is 38.8 Å². The van der Waals surface area contributed by atoms with Crippen molar-refractivity contribution in [3.63, 3.8) is 0 Å². The van der Waals surface area contributed by atoms with Crippen molar-refractivity contribution < 1.29 is 9.90 Å². The number of nitrogens with zero attached hydrogens (tertiary/aromatic N) is 3. The quantitative estimate of drug-likeness (QED) is 0.774. The Bertz CT molecular complexity index is 385. The van der Waals surface area contributed by atoms with Crippen LogP contribution in [0.3, 0.4) is 0 Å². The molecule has 0 aromatic carbocycles. The van der Waals surface area contributed by atoms with E-state index in [-0.39, 0.29) is 6.54 Å². The molecule has 1 aliphatic rings. The molecule has 2 rings (SSSR count). The van der Waals surface area contributed by atoms with E-state index in [0.717, 1.165) is 18.8 Å². The number of aromatic nitrogens is 2. The monoisotopic (exact) mass is 237 g/mol. The van der Waals surface area contributed by atoms with Crippen LogP contribution < -0.4 is 0 Å². The second kappa shape index (κ2) is 5.31. The minimum absolute atomic E-state index is 0.116. The first-order valence-electron chi connectivity index (χ1n) is 6.14. The number of hydrogen-bond donors (Lipinski definition) is 1. The third kappa shape index (κ3) is 3.56. The summed E-state index contributed by atoms with van der Waals surface area (Å²) in [5.41, 5.74) is 1.09. The van der Waals surface area contributed by atoms with E-state index in [2.05, 4.69) is 5.10 Å². The predicted molar refractivity (Wildman–Crippen MR) is 63.5 cm³/mol. The molecule has 0 bridgehead atoms. The molecule has 94 valence electrons. The molecule has 1 aliphatic carbocycles. The standard InChI is InChI=1S/C12H19N3O2/c1-2-15-11(5-6-13-15)8-14(9-12(16)17)7-10-3-4-10/h5-6,10H,2-4,7-9H2,1H3,(H,16,17). The summed E-state index contributed by atoms with van der Waals surface area (Å²) in [6.45, 7) is 4.55. The molecular weight excluding hydrogens is 218 g/mol. The second-order valence-corrected chi connectivity index (χ2v) is 4.65. The van der Waals surface area contributed by atoms with Gasteiger partial charge in [-0.05, 0) is 31.7 Å². The van der Waals surface area contributed by atoms with E-state index < -0.39 is 5.97 Å². The van der Waals surface area contributed by atoms with Gasteiger partial charge in [-0.25, -0.2) is 0 Å². The summed E-state index contributed by atoms with van der Waals surface area (Å²) in [4.78, 5) is 12.8. The first-order chi connectivity index (χ1) is 8.19. The van der Waals surface area contributed by atoms with Crippen LogP contribution >= 0.6 is 0 Å². The molecule has 17 heavy (non-hydrogen) atoms. The number of carboxylic acids is 1. The number of aliphatic carboxylic acids is 1. The Labute approximate surface area is 101 Å². The van der Waals surface area contributed by atoms with Gasteiger partial charge in [0.25, 0.3) is 0 Å². The first kappa shape index (κ1) is 12.1. The summed E-state index contributed by atoms with van der Waals surface area (Å²) in [5.74, 6) is -0.0550. The number of aryl methyl sites for hydroxylation is 1. The Balaban J connectivity index is 1.97. The van der Waals surface area contributed by atoms with Crippen LogP contribution in [0, 0.1) is 5.92 Å². The zero-order chi connectivity index (χ0) is 12.3. The van der Waals surface area contributed by atoms with E-state index in [1.807, 2.05) is 22.6 Å². The molecule has 1 N–H and O–H groups in total. The van der Waals surface area contributed by atoms with Crippen LogP contribution in [0.4, 0.5) is 0 Å². The van der Waals surface area contributed by atoms with Crippen LogP contribution in [0.15, 0.2) is 12.3 Å². The number of hydrogen-bond acceptors (Lipinski definition) is 3. The molecule has 1 fully saturated rings. The molecule has 5 nitrogen and oxygen atoms in total. The van der Waals surface area contributed by atoms with Crippen molar-refractivity contribution in [3.05, 3.63) is 18.0 Å². The lowest BCUT2D eigenvalue weighted by molar-refractivity contribution is -0.138. The lowest BCUT2D eigenvalue weighted by Gasteiger charge is -2.20. The average molecular weight is 237 g/mol. The van der Waals surface area contributed by atoms with Crippen LogP contribution in [0.5, 0.6) is 0 Å². The molecule has 0 saturated heterocycles. The number of rotatable bonds is 7. The minimum atomic E-state index is -0.756. The topological polar surface area (TPSA) is 58.4 Å². The van der Waals surface area contributed by atoms with E-state index in [1.54, 1.807) is 6.20 Å². The Morgan fingerprint density at radius 2 is 2.41 bits per heavy atom. The van der Waals surface area contributed by atoms with E-state index in [1.165, 1.54) is 12.8 Å². The van der Waals surface area contributed by atoms with Gasteiger partial charge in [-0.3, -0.25) is 14.4 Å². The van der Waals surface area contributed by atoms with Gasteiger partial charge in [0.05, 0.1) is 12.2 Å². The molecule has 0 unspecified atom stereocenters. The maximum Gasteiger partial charge on any atom is 0.317 e. The van der Waals surface area contributed by atoms with E-state index in [4.69, 9.17) is 5.11 Å². The summed E-state index contributed by atoms with van der Waals surface area (Å²) in [7, 11) is 0. The van der Waals surface area contributed by atoms with Gasteiger partial charge < -0.3 is 5.11 Å². The molecular formula is C12H19N3O2. The summed E-state index contributed by atoms with van der Waals surface area (Å²) < 4.78 is 1.92. The molecule has 1 heterocycles. The van der Waals surface area contributed by atoms with E-state index >= 15 is 0 Å². The Morgan fingerprint density at radius 1 is 1.65 bits per heavy atom. The van der Waals surface area contributed by atoms with Crippen LogP contribution in [0.25, 0.3) is 0 Å². The van der Waals surface area contributed by atoms with Crippen molar-refractivity contribution in [1.82, 2.24) is 14.7 Å². The molecule has 1 aromatic heterocycles. The fraction of sp³-hybridized carbons (Fsp3) is 0.667. The molecule has 0 atom stereocenters. The maximum absolute atomic E-state index is 10.8. The second-order valence-electron chi connectivity index (χ2n) is 4.65. The van der Waals surface area contributed by atoms with Crippen LogP contribution in [0.1, 0.15) is 25.5 Å². The summed E-state index contributed by atoms with van der Waals surface area (Å²) in [6, 6.07) is 1.96. The molecule has 0 radical (unpaired) electrons. The Hall–Kier alpha value is -1.36. The van der Waals surface area contributed by atoms with Gasteiger partial charge in [-0.2, -0.15) is 5.10 Å². The highest BCUT2D eigenvalue weighted by Crippen LogP contribution is 2.30. The van der Waals surface area contributed by atoms with Gasteiger partial charge in [-0.1, -0.05) is 0 Å². The number of carbonyl (C=O) groups is 1. The lowest BCUT2D eigenvalue weighted by Crippen LogP contribution is -2.32. The molecule has 5 heteroatoms. The third-order valence-electron chi connectivity index (χ3n) is 3.06. The molecule has 1 saturated carbocycles. The first-order valence-corrected chi connectivity index (χ1v) is 6.14. The van der Waals surface area contributed by atoms with Gasteiger partial charge in [0.15, 0.2) is 0 Å². The lowest BCUT2D eigenvalue weighted by atomic mass is 10.3. The molecule has 0 amide bonds. The van der Waals surface area contributed by atoms with Gasteiger partial charge in [-0.15, -0.1) is 0 Å². The fourth-order valence-corrected chi connectivity index (χ4v) is 2.05. The maximum atomic E-state index is 10.8. The average Bonchev–Trinajstić information content (AvgIpc) is 2.95. The van der Waals surface area contributed by atoms with E-state index in [9.17, 15) is 4.79 Å². The van der Waals surface area contributed by atoms with Crippen molar-refractivity contribution in [1.29, 1.82) is 0 Å². The molecule has 1 aromatic rings. The summed E-state index contributed by atoms with van der Waals surface area (Å²) in [6.07, 6.45) is 4.25. The van der Waals surface area contributed by atoms with Crippen molar-refractivity contribution in [2.75, 3.05) is 13.1 Å². The zero-order valence-electron chi connectivity index (χ0n) is 10.2. The predicted octanol–water partition coefficient (Wildman–Crippen LogP) is 1.20. The minimum Gasteiger partial charge on any atom is -0.480 e. The highest BCUT2D eigenvalue weighted by molar-refractivity contribution is 5.69. The summed E-state index contributed by atoms with van der Waals surface area (Å²) in [5, 5.41) is 13.1. The highest BCUT2D eigenvalue weighted by Gasteiger charge is 2.25. The van der Waals surface area contributed by atoms with Crippen molar-refractivity contribution in [3.8, 4) is 0 Å². The molecule has 0 spiro atoms. The highest BCUT2D eigenvalue weighted by atomic mass is 16.4. The van der Waals surface area contributed by atoms with Crippen LogP contribution in [0.2, 0.25) is 0 Å². The largest absolute Gasteiger partial charge is 0.480 e. The van der Waals surface area contributed by atoms with Crippen LogP contribution in [-0.2, 0) is 17.9 Å². The molecule has 0 aliphatic heterocycles. The van der Waals surface area contributed by atoms with E-state index in [0.29, 0.717) is 12.5 Å². The van der Waals surface area contributed by atoms with Crippen molar-refractivity contribution in [2.24, 2.45) is 5.92 Å². The zero-order valence-corrected chi connectivity index (χ0v) is 10.2. The van der Waals surface area contributed by atoms with Gasteiger partial charge in [0.1, 0.15) is 0 Å². The van der Waals surface area contributed by atoms with Crippen molar-refractivity contribution >= 4 is 5.97 Å².